The molecule has 0 spiro atoms. The number of aryl methyl sites for hydroxylation is 1. The normalized spacial score (nSPS) is 26.5. The molecule has 2 fully saturated rings. The first-order valence-corrected chi connectivity index (χ1v) is 10.3. The molecule has 2 saturated heterocycles. The van der Waals surface area contributed by atoms with Crippen LogP contribution in [0.3, 0.4) is 0 Å². The Hall–Kier alpha value is -1.52. The molecule has 140 valence electrons. The monoisotopic (exact) mass is 371 g/mol. The van der Waals surface area contributed by atoms with Crippen molar-refractivity contribution in [3.8, 4) is 0 Å². The first kappa shape index (κ1) is 18.3. The average Bonchev–Trinajstić information content (AvgIpc) is 3.12. The average molecular weight is 371 g/mol. The van der Waals surface area contributed by atoms with Crippen molar-refractivity contribution in [3.05, 3.63) is 11.8 Å². The number of rotatable bonds is 5. The van der Waals surface area contributed by atoms with Gasteiger partial charge in [0.1, 0.15) is 0 Å². The van der Waals surface area contributed by atoms with Gasteiger partial charge in [-0.2, -0.15) is 0 Å². The molecule has 1 amide bonds. The van der Waals surface area contributed by atoms with E-state index in [4.69, 9.17) is 4.42 Å². The Kier molecular flexibility index (Phi) is 5.12. The number of nitrogens with zero attached hydrogens (tertiary/aromatic N) is 5. The summed E-state index contributed by atoms with van der Waals surface area (Å²) in [6.07, 6.45) is 0.674. The lowest BCUT2D eigenvalue weighted by molar-refractivity contribution is -0.131. The maximum atomic E-state index is 12.2. The fourth-order valence-electron chi connectivity index (χ4n) is 3.47. The molecule has 1 aromatic heterocycles. The number of carbonyl (C=O) groups excluding carboxylic acids is 1. The fourth-order valence-corrected chi connectivity index (χ4v) is 5.52. The van der Waals surface area contributed by atoms with Crippen molar-refractivity contribution in [2.24, 2.45) is 0 Å². The first-order valence-electron chi connectivity index (χ1n) is 8.49. The molecule has 2 aliphatic heterocycles. The van der Waals surface area contributed by atoms with E-state index in [9.17, 15) is 13.2 Å². The van der Waals surface area contributed by atoms with Gasteiger partial charge in [-0.05, 0) is 0 Å². The summed E-state index contributed by atoms with van der Waals surface area (Å²) in [5.74, 6) is 1.29. The van der Waals surface area contributed by atoms with E-state index in [1.807, 2.05) is 11.8 Å². The standard InChI is InChI=1S/C15H25N5O4S/c1-4-13-16-17-14(24-13)7-19-5-6-20(8-15(21)18(2)3)12-10-25(22,23)9-11(12)19/h11-12H,4-10H2,1-3H3. The van der Waals surface area contributed by atoms with E-state index < -0.39 is 9.84 Å². The van der Waals surface area contributed by atoms with Crippen molar-refractivity contribution in [3.63, 3.8) is 0 Å². The summed E-state index contributed by atoms with van der Waals surface area (Å²) < 4.78 is 30.0. The number of fused-ring (bicyclic) bond motifs is 1. The van der Waals surface area contributed by atoms with Gasteiger partial charge in [-0.3, -0.25) is 14.6 Å². The molecule has 3 rings (SSSR count). The first-order chi connectivity index (χ1) is 11.8. The Morgan fingerprint density at radius 3 is 2.36 bits per heavy atom. The van der Waals surface area contributed by atoms with Gasteiger partial charge in [0.05, 0.1) is 24.6 Å². The summed E-state index contributed by atoms with van der Waals surface area (Å²) in [7, 11) is 0.304. The summed E-state index contributed by atoms with van der Waals surface area (Å²) in [5, 5.41) is 8.01. The Balaban J connectivity index is 1.74. The maximum absolute atomic E-state index is 12.2. The summed E-state index contributed by atoms with van der Waals surface area (Å²) in [4.78, 5) is 17.7. The molecule has 0 radical (unpaired) electrons. The van der Waals surface area contributed by atoms with E-state index >= 15 is 0 Å². The summed E-state index contributed by atoms with van der Waals surface area (Å²) in [6.45, 7) is 3.95. The van der Waals surface area contributed by atoms with E-state index in [2.05, 4.69) is 15.1 Å². The minimum atomic E-state index is -3.12. The van der Waals surface area contributed by atoms with Crippen LogP contribution in [0.15, 0.2) is 4.42 Å². The summed E-state index contributed by atoms with van der Waals surface area (Å²) in [6, 6.07) is -0.318. The van der Waals surface area contributed by atoms with Gasteiger partial charge in [0.25, 0.3) is 0 Å². The third kappa shape index (κ3) is 4.01. The third-order valence-corrected chi connectivity index (χ3v) is 6.59. The van der Waals surface area contributed by atoms with Gasteiger partial charge in [-0.25, -0.2) is 8.42 Å². The van der Waals surface area contributed by atoms with Crippen LogP contribution in [-0.2, 0) is 27.6 Å². The summed E-state index contributed by atoms with van der Waals surface area (Å²) >= 11 is 0. The van der Waals surface area contributed by atoms with Crippen molar-refractivity contribution in [1.82, 2.24) is 24.9 Å². The largest absolute Gasteiger partial charge is 0.424 e. The van der Waals surface area contributed by atoms with Gasteiger partial charge in [-0.15, -0.1) is 10.2 Å². The third-order valence-electron chi connectivity index (χ3n) is 4.89. The van der Waals surface area contributed by atoms with Crippen LogP contribution in [0.4, 0.5) is 0 Å². The topological polar surface area (TPSA) is 99.9 Å². The molecular weight excluding hydrogens is 346 g/mol. The number of amides is 1. The molecule has 0 N–H and O–H groups in total. The van der Waals surface area contributed by atoms with Crippen LogP contribution in [0, 0.1) is 0 Å². The summed E-state index contributed by atoms with van der Waals surface area (Å²) in [5.41, 5.74) is 0. The van der Waals surface area contributed by atoms with Crippen molar-refractivity contribution in [1.29, 1.82) is 0 Å². The molecule has 0 saturated carbocycles. The number of likely N-dealkylation sites (N-methyl/N-ethyl adjacent to an activating group) is 1. The van der Waals surface area contributed by atoms with Crippen LogP contribution < -0.4 is 0 Å². The Labute approximate surface area is 147 Å². The number of hydrogen-bond donors (Lipinski definition) is 0. The van der Waals surface area contributed by atoms with E-state index in [0.29, 0.717) is 37.8 Å². The van der Waals surface area contributed by atoms with Crippen LogP contribution in [-0.4, -0.2) is 96.5 Å². The molecule has 0 aromatic carbocycles. The van der Waals surface area contributed by atoms with Crippen LogP contribution in [0.2, 0.25) is 0 Å². The SMILES string of the molecule is CCc1nnc(CN2CCN(CC(=O)N(C)C)C3CS(=O)(=O)CC32)o1. The predicted octanol–water partition coefficient (Wildman–Crippen LogP) is -0.997. The zero-order valence-electron chi connectivity index (χ0n) is 14.9. The lowest BCUT2D eigenvalue weighted by atomic mass is 10.0. The van der Waals surface area contributed by atoms with Gasteiger partial charge < -0.3 is 9.32 Å². The van der Waals surface area contributed by atoms with Crippen molar-refractivity contribution in [2.45, 2.75) is 32.0 Å². The minimum absolute atomic E-state index is 0.0130. The highest BCUT2D eigenvalue weighted by molar-refractivity contribution is 7.91. The van der Waals surface area contributed by atoms with Gasteiger partial charge in [-0.1, -0.05) is 6.92 Å². The van der Waals surface area contributed by atoms with E-state index in [1.54, 1.807) is 14.1 Å². The fraction of sp³-hybridized carbons (Fsp3) is 0.800. The number of aromatic nitrogens is 2. The molecule has 2 unspecified atom stereocenters. The van der Waals surface area contributed by atoms with E-state index in [0.717, 1.165) is 0 Å². The zero-order chi connectivity index (χ0) is 18.2. The molecule has 25 heavy (non-hydrogen) atoms. The second kappa shape index (κ2) is 7.00. The lowest BCUT2D eigenvalue weighted by Gasteiger charge is -2.43. The smallest absolute Gasteiger partial charge is 0.236 e. The van der Waals surface area contributed by atoms with Crippen LogP contribution in [0.1, 0.15) is 18.7 Å². The van der Waals surface area contributed by atoms with Crippen LogP contribution in [0.5, 0.6) is 0 Å². The van der Waals surface area contributed by atoms with Crippen molar-refractivity contribution in [2.75, 3.05) is 45.2 Å². The highest BCUT2D eigenvalue weighted by atomic mass is 32.2. The molecule has 9 nitrogen and oxygen atoms in total. The molecule has 1 aromatic rings. The maximum Gasteiger partial charge on any atom is 0.236 e. The quantitative estimate of drug-likeness (QED) is 0.650. The van der Waals surface area contributed by atoms with Crippen LogP contribution in [0.25, 0.3) is 0 Å². The highest BCUT2D eigenvalue weighted by Crippen LogP contribution is 2.28. The zero-order valence-corrected chi connectivity index (χ0v) is 15.7. The number of carbonyl (C=O) groups is 1. The van der Waals surface area contributed by atoms with Crippen LogP contribution >= 0.6 is 0 Å². The lowest BCUT2D eigenvalue weighted by Crippen LogP contribution is -2.60. The van der Waals surface area contributed by atoms with E-state index in [-0.39, 0.29) is 36.0 Å². The van der Waals surface area contributed by atoms with Crippen molar-refractivity contribution >= 4 is 15.7 Å². The number of hydrogen-bond acceptors (Lipinski definition) is 8. The Bertz CT molecular complexity index is 732. The highest BCUT2D eigenvalue weighted by Gasteiger charge is 2.47. The molecule has 2 atom stereocenters. The van der Waals surface area contributed by atoms with Gasteiger partial charge >= 0.3 is 0 Å². The molecule has 0 bridgehead atoms. The second-order valence-electron chi connectivity index (χ2n) is 6.88. The molecular formula is C15H25N5O4S. The van der Waals surface area contributed by atoms with Gasteiger partial charge in [0.15, 0.2) is 9.84 Å². The van der Waals surface area contributed by atoms with Crippen molar-refractivity contribution < 1.29 is 17.6 Å². The number of piperazine rings is 1. The molecule has 0 aliphatic carbocycles. The molecule has 10 heteroatoms. The van der Waals surface area contributed by atoms with Gasteiger partial charge in [0.2, 0.25) is 17.7 Å². The molecule has 3 heterocycles. The predicted molar refractivity (Wildman–Crippen MR) is 90.6 cm³/mol. The minimum Gasteiger partial charge on any atom is -0.424 e. The Morgan fingerprint density at radius 1 is 1.16 bits per heavy atom. The van der Waals surface area contributed by atoms with E-state index in [1.165, 1.54) is 4.90 Å². The Morgan fingerprint density at radius 2 is 1.76 bits per heavy atom. The van der Waals surface area contributed by atoms with Gasteiger partial charge in [0, 0.05) is 45.7 Å². The number of sulfone groups is 1. The second-order valence-corrected chi connectivity index (χ2v) is 9.04. The molecule has 2 aliphatic rings.